The molecule has 0 fully saturated rings. The Morgan fingerprint density at radius 1 is 1.29 bits per heavy atom. The van der Waals surface area contributed by atoms with Gasteiger partial charge in [0, 0.05) is 0 Å². The van der Waals surface area contributed by atoms with Gasteiger partial charge >= 0.3 is 5.97 Å². The van der Waals surface area contributed by atoms with Crippen LogP contribution >= 0.6 is 0 Å². The minimum Gasteiger partial charge on any atom is -0.480 e. The van der Waals surface area contributed by atoms with Crippen molar-refractivity contribution in [3.8, 4) is 0 Å². The van der Waals surface area contributed by atoms with Crippen LogP contribution in [0, 0.1) is 0 Å². The van der Waals surface area contributed by atoms with Crippen LogP contribution in [0.15, 0.2) is 0 Å². The number of nitrogens with two attached hydrogens (primary N) is 2. The minimum absolute atomic E-state index is 0.310. The zero-order chi connectivity index (χ0) is 11.9. The second-order valence-corrected chi connectivity index (χ2v) is 4.30. The summed E-state index contributed by atoms with van der Waals surface area (Å²) in [7, 11) is 8.50. The molecule has 0 aromatic heterocycles. The number of rotatable bonds is 3. The van der Waals surface area contributed by atoms with Crippen LogP contribution in [0.5, 0.6) is 0 Å². The average Bonchev–Trinajstić information content (AvgIpc) is 1.80. The van der Waals surface area contributed by atoms with E-state index < -0.39 is 17.9 Å². The van der Waals surface area contributed by atoms with Crippen molar-refractivity contribution in [3.05, 3.63) is 0 Å². The number of quaternary nitrogens is 1. The molecule has 6 nitrogen and oxygen atoms in total. The van der Waals surface area contributed by atoms with Crippen molar-refractivity contribution >= 4 is 11.9 Å². The highest BCUT2D eigenvalue weighted by Crippen LogP contribution is 1.84. The molecule has 0 saturated carbocycles. The lowest BCUT2D eigenvalue weighted by Crippen LogP contribution is -2.34. The maximum Gasteiger partial charge on any atom is 0.321 e. The van der Waals surface area contributed by atoms with Crippen LogP contribution < -0.4 is 11.5 Å². The Kier molecular flexibility index (Phi) is 6.94. The molecule has 84 valence electrons. The highest BCUT2D eigenvalue weighted by molar-refractivity contribution is 5.82. The summed E-state index contributed by atoms with van der Waals surface area (Å²) >= 11 is 0. The molecule has 0 unspecified atom stereocenters. The Morgan fingerprint density at radius 3 is 1.64 bits per heavy atom. The summed E-state index contributed by atoms with van der Waals surface area (Å²) in [5.74, 6) is -1.92. The van der Waals surface area contributed by atoms with Crippen LogP contribution in [-0.4, -0.2) is 55.7 Å². The maximum atomic E-state index is 9.99. The third-order valence-electron chi connectivity index (χ3n) is 0.738. The molecule has 6 heteroatoms. The van der Waals surface area contributed by atoms with Crippen LogP contribution in [0.4, 0.5) is 0 Å². The summed E-state index contributed by atoms with van der Waals surface area (Å²) < 4.78 is 1.00. The lowest BCUT2D eigenvalue weighted by atomic mass is 10.2. The van der Waals surface area contributed by atoms with E-state index in [-0.39, 0.29) is 6.42 Å². The summed E-state index contributed by atoms with van der Waals surface area (Å²) in [5, 5.41) is 8.10. The third kappa shape index (κ3) is 22.4. The Bertz CT molecular complexity index is 192. The van der Waals surface area contributed by atoms with E-state index in [0.717, 1.165) is 4.48 Å². The first kappa shape index (κ1) is 15.3. The third-order valence-corrected chi connectivity index (χ3v) is 0.738. The highest BCUT2D eigenvalue weighted by Gasteiger charge is 2.13. The number of carboxylic acids is 1. The molecule has 1 atom stereocenters. The SMILES string of the molecule is C[N+](C)(C)C.NC(=O)C[C@H](N)C(=O)O. The van der Waals surface area contributed by atoms with E-state index in [1.165, 1.54) is 0 Å². The van der Waals surface area contributed by atoms with E-state index in [9.17, 15) is 9.59 Å². The molecule has 0 heterocycles. The molecule has 0 aliphatic carbocycles. The van der Waals surface area contributed by atoms with E-state index in [1.807, 2.05) is 0 Å². The number of hydrogen-bond acceptors (Lipinski definition) is 3. The van der Waals surface area contributed by atoms with Gasteiger partial charge in [0.2, 0.25) is 5.91 Å². The number of carboxylic acid groups (broad SMARTS) is 1. The predicted octanol–water partition coefficient (Wildman–Crippen LogP) is -1.40. The van der Waals surface area contributed by atoms with Gasteiger partial charge in [-0.15, -0.1) is 0 Å². The molecule has 0 rings (SSSR count). The first-order valence-corrected chi connectivity index (χ1v) is 4.09. The average molecular weight is 206 g/mol. The number of carbonyl (C=O) groups is 2. The van der Waals surface area contributed by atoms with Crippen molar-refractivity contribution in [1.82, 2.24) is 0 Å². The monoisotopic (exact) mass is 206 g/mol. The van der Waals surface area contributed by atoms with Gasteiger partial charge in [-0.1, -0.05) is 0 Å². The Labute approximate surface area is 84.1 Å². The van der Waals surface area contributed by atoms with Gasteiger partial charge in [-0.2, -0.15) is 0 Å². The molecule has 0 aromatic carbocycles. The van der Waals surface area contributed by atoms with Crippen LogP contribution in [0.3, 0.4) is 0 Å². The molecule has 0 bridgehead atoms. The van der Waals surface area contributed by atoms with Gasteiger partial charge in [0.05, 0.1) is 34.6 Å². The van der Waals surface area contributed by atoms with Crippen LogP contribution in [0.2, 0.25) is 0 Å². The standard InChI is InChI=1S/C4H8N2O3.C4H12N/c5-2(4(8)9)1-3(6)7;1-5(2,3)4/h2H,1,5H2,(H2,6,7)(H,8,9);1-4H3/q;+1/t2-;/m0./s1. The van der Waals surface area contributed by atoms with Crippen molar-refractivity contribution in [2.75, 3.05) is 28.2 Å². The number of carbonyl (C=O) groups excluding carboxylic acids is 1. The summed E-state index contributed by atoms with van der Waals surface area (Å²) in [6.07, 6.45) is -0.310. The zero-order valence-electron chi connectivity index (χ0n) is 9.15. The van der Waals surface area contributed by atoms with Crippen molar-refractivity contribution < 1.29 is 19.2 Å². The number of aliphatic carboxylic acids is 1. The largest absolute Gasteiger partial charge is 0.480 e. The molecular formula is C8H20N3O3+. The summed E-state index contributed by atoms with van der Waals surface area (Å²) in [4.78, 5) is 19.9. The highest BCUT2D eigenvalue weighted by atomic mass is 16.4. The van der Waals surface area contributed by atoms with E-state index in [2.05, 4.69) is 33.9 Å². The van der Waals surface area contributed by atoms with E-state index >= 15 is 0 Å². The first-order valence-electron chi connectivity index (χ1n) is 4.09. The van der Waals surface area contributed by atoms with E-state index in [0.29, 0.717) is 0 Å². The second-order valence-electron chi connectivity index (χ2n) is 4.30. The number of hydrogen-bond donors (Lipinski definition) is 3. The number of primary amides is 1. The van der Waals surface area contributed by atoms with E-state index in [1.54, 1.807) is 0 Å². The van der Waals surface area contributed by atoms with Gasteiger partial charge in [0.25, 0.3) is 0 Å². The quantitative estimate of drug-likeness (QED) is 0.493. The second kappa shape index (κ2) is 6.33. The molecule has 0 aliphatic heterocycles. The maximum absolute atomic E-state index is 9.99. The van der Waals surface area contributed by atoms with Crippen LogP contribution in [0.25, 0.3) is 0 Å². The lowest BCUT2D eigenvalue weighted by Gasteiger charge is -2.14. The van der Waals surface area contributed by atoms with Crippen LogP contribution in [-0.2, 0) is 9.59 Å². The van der Waals surface area contributed by atoms with Crippen molar-refractivity contribution in [1.29, 1.82) is 0 Å². The van der Waals surface area contributed by atoms with Gasteiger partial charge in [0.15, 0.2) is 0 Å². The van der Waals surface area contributed by atoms with Gasteiger partial charge in [-0.25, -0.2) is 0 Å². The Balaban J connectivity index is 0. The summed E-state index contributed by atoms with van der Waals surface area (Å²) in [6.45, 7) is 0. The molecule has 0 saturated heterocycles. The molecule has 14 heavy (non-hydrogen) atoms. The van der Waals surface area contributed by atoms with Crippen molar-refractivity contribution in [3.63, 3.8) is 0 Å². The fourth-order valence-electron chi connectivity index (χ4n) is 0.304. The molecule has 0 spiro atoms. The smallest absolute Gasteiger partial charge is 0.321 e. The predicted molar refractivity (Wildman–Crippen MR) is 53.4 cm³/mol. The first-order chi connectivity index (χ1) is 6.04. The van der Waals surface area contributed by atoms with Crippen molar-refractivity contribution in [2.24, 2.45) is 11.5 Å². The molecule has 0 aromatic rings. The zero-order valence-corrected chi connectivity index (χ0v) is 9.15. The van der Waals surface area contributed by atoms with E-state index in [4.69, 9.17) is 10.8 Å². The number of nitrogens with zero attached hydrogens (tertiary/aromatic N) is 1. The molecule has 0 aliphatic rings. The molecule has 5 N–H and O–H groups in total. The minimum atomic E-state index is -1.21. The van der Waals surface area contributed by atoms with Gasteiger partial charge in [0.1, 0.15) is 6.04 Å². The van der Waals surface area contributed by atoms with Crippen LogP contribution in [0.1, 0.15) is 6.42 Å². The molecule has 1 amide bonds. The Morgan fingerprint density at radius 2 is 1.57 bits per heavy atom. The summed E-state index contributed by atoms with van der Waals surface area (Å²) in [5.41, 5.74) is 9.57. The fourth-order valence-corrected chi connectivity index (χ4v) is 0.304. The van der Waals surface area contributed by atoms with Crippen molar-refractivity contribution in [2.45, 2.75) is 12.5 Å². The van der Waals surface area contributed by atoms with Gasteiger partial charge < -0.3 is 21.1 Å². The number of amides is 1. The fraction of sp³-hybridized carbons (Fsp3) is 0.750. The Hall–Kier alpha value is -1.14. The normalized spacial score (nSPS) is 12.4. The van der Waals surface area contributed by atoms with Gasteiger partial charge in [-0.3, -0.25) is 9.59 Å². The summed E-state index contributed by atoms with van der Waals surface area (Å²) in [6, 6.07) is -1.16. The molecular weight excluding hydrogens is 186 g/mol. The van der Waals surface area contributed by atoms with Gasteiger partial charge in [-0.05, 0) is 0 Å². The lowest BCUT2D eigenvalue weighted by molar-refractivity contribution is -0.849. The molecule has 0 radical (unpaired) electrons. The topological polar surface area (TPSA) is 106 Å².